The number of amides is 2. The molecule has 0 aliphatic carbocycles. The van der Waals surface area contributed by atoms with Gasteiger partial charge in [-0.15, -0.1) is 0 Å². The number of ether oxygens (including phenoxy) is 1. The van der Waals surface area contributed by atoms with Crippen LogP contribution in [0.1, 0.15) is 19.8 Å². The highest BCUT2D eigenvalue weighted by atomic mass is 79.9. The molecule has 1 saturated heterocycles. The molecule has 1 aromatic heterocycles. The number of piperidine rings is 1. The maximum atomic E-state index is 12.5. The van der Waals surface area contributed by atoms with E-state index in [0.717, 1.165) is 25.9 Å². The first-order chi connectivity index (χ1) is 10.5. The molecular formula is C15H18BrN3O3. The maximum Gasteiger partial charge on any atom is 0.266 e. The number of nitrogens with zero attached hydrogens (tertiary/aromatic N) is 3. The SMILES string of the molecule is CC1CCN(C(=O)CN2C(=O)COc3ccc(Br)nc32)CC1. The van der Waals surface area contributed by atoms with Gasteiger partial charge in [-0.3, -0.25) is 14.5 Å². The van der Waals surface area contributed by atoms with Gasteiger partial charge in [-0.1, -0.05) is 6.92 Å². The fraction of sp³-hybridized carbons (Fsp3) is 0.533. The minimum absolute atomic E-state index is 0.0209. The monoisotopic (exact) mass is 367 g/mol. The minimum atomic E-state index is -0.239. The van der Waals surface area contributed by atoms with Crippen molar-refractivity contribution in [2.45, 2.75) is 19.8 Å². The molecule has 0 unspecified atom stereocenters. The Morgan fingerprint density at radius 1 is 1.41 bits per heavy atom. The standard InChI is InChI=1S/C15H18BrN3O3/c1-10-4-6-18(7-5-10)13(20)8-19-14(21)9-22-11-2-3-12(16)17-15(11)19/h2-3,10H,4-9H2,1H3. The second kappa shape index (κ2) is 6.24. The van der Waals surface area contributed by atoms with E-state index >= 15 is 0 Å². The lowest BCUT2D eigenvalue weighted by atomic mass is 9.99. The van der Waals surface area contributed by atoms with Crippen molar-refractivity contribution < 1.29 is 14.3 Å². The van der Waals surface area contributed by atoms with Gasteiger partial charge in [-0.2, -0.15) is 0 Å². The van der Waals surface area contributed by atoms with Crippen molar-refractivity contribution in [3.63, 3.8) is 0 Å². The van der Waals surface area contributed by atoms with E-state index in [2.05, 4.69) is 27.8 Å². The number of likely N-dealkylation sites (tertiary alicyclic amines) is 1. The van der Waals surface area contributed by atoms with Gasteiger partial charge in [0.1, 0.15) is 11.1 Å². The molecule has 3 heterocycles. The molecule has 0 radical (unpaired) electrons. The van der Waals surface area contributed by atoms with E-state index in [1.165, 1.54) is 4.90 Å². The Balaban J connectivity index is 1.75. The summed E-state index contributed by atoms with van der Waals surface area (Å²) in [7, 11) is 0. The molecule has 2 aliphatic rings. The second-order valence-corrected chi connectivity index (χ2v) is 6.60. The van der Waals surface area contributed by atoms with Crippen molar-refractivity contribution in [3.8, 4) is 5.75 Å². The maximum absolute atomic E-state index is 12.5. The predicted molar refractivity (Wildman–Crippen MR) is 84.8 cm³/mol. The quantitative estimate of drug-likeness (QED) is 0.748. The van der Waals surface area contributed by atoms with Gasteiger partial charge in [0, 0.05) is 13.1 Å². The van der Waals surface area contributed by atoms with Crippen molar-refractivity contribution in [2.24, 2.45) is 5.92 Å². The highest BCUT2D eigenvalue weighted by Crippen LogP contribution is 2.31. The van der Waals surface area contributed by atoms with Gasteiger partial charge >= 0.3 is 0 Å². The third-order valence-electron chi connectivity index (χ3n) is 4.14. The number of anilines is 1. The summed E-state index contributed by atoms with van der Waals surface area (Å²) in [5.74, 6) is 1.33. The Bertz CT molecular complexity index is 600. The number of hydrogen-bond donors (Lipinski definition) is 0. The number of fused-ring (bicyclic) bond motifs is 1. The van der Waals surface area contributed by atoms with E-state index in [-0.39, 0.29) is 25.0 Å². The molecule has 2 aliphatic heterocycles. The molecule has 0 spiro atoms. The number of carbonyl (C=O) groups is 2. The van der Waals surface area contributed by atoms with E-state index in [9.17, 15) is 9.59 Å². The summed E-state index contributed by atoms with van der Waals surface area (Å²) < 4.78 is 5.97. The molecular weight excluding hydrogens is 350 g/mol. The lowest BCUT2D eigenvalue weighted by Gasteiger charge is -2.33. The van der Waals surface area contributed by atoms with Crippen LogP contribution in [0.25, 0.3) is 0 Å². The van der Waals surface area contributed by atoms with Gasteiger partial charge in [0.15, 0.2) is 18.2 Å². The van der Waals surface area contributed by atoms with E-state index in [1.807, 2.05) is 4.90 Å². The van der Waals surface area contributed by atoms with Gasteiger partial charge in [0.05, 0.1) is 0 Å². The van der Waals surface area contributed by atoms with E-state index in [0.29, 0.717) is 22.1 Å². The van der Waals surface area contributed by atoms with Crippen molar-refractivity contribution in [1.29, 1.82) is 0 Å². The molecule has 0 aromatic carbocycles. The van der Waals surface area contributed by atoms with Crippen LogP contribution in [-0.2, 0) is 9.59 Å². The summed E-state index contributed by atoms with van der Waals surface area (Å²) in [6.07, 6.45) is 2.03. The normalized spacial score (nSPS) is 18.9. The van der Waals surface area contributed by atoms with Crippen molar-refractivity contribution in [2.75, 3.05) is 31.1 Å². The Labute approximate surface area is 137 Å². The second-order valence-electron chi connectivity index (χ2n) is 5.79. The van der Waals surface area contributed by atoms with Crippen LogP contribution < -0.4 is 9.64 Å². The highest BCUT2D eigenvalue weighted by molar-refractivity contribution is 9.10. The molecule has 0 N–H and O–H groups in total. The number of hydrogen-bond acceptors (Lipinski definition) is 4. The third kappa shape index (κ3) is 3.09. The molecule has 7 heteroatoms. The largest absolute Gasteiger partial charge is 0.480 e. The van der Waals surface area contributed by atoms with E-state index in [1.54, 1.807) is 12.1 Å². The molecule has 3 rings (SSSR count). The molecule has 0 bridgehead atoms. The van der Waals surface area contributed by atoms with Crippen LogP contribution in [0.3, 0.4) is 0 Å². The van der Waals surface area contributed by atoms with Crippen LogP contribution in [0, 0.1) is 5.92 Å². The molecule has 6 nitrogen and oxygen atoms in total. The summed E-state index contributed by atoms with van der Waals surface area (Å²) in [5, 5.41) is 0. The van der Waals surface area contributed by atoms with Gasteiger partial charge in [-0.05, 0) is 46.8 Å². The zero-order valence-corrected chi connectivity index (χ0v) is 14.0. The molecule has 1 aromatic rings. The number of carbonyl (C=O) groups excluding carboxylic acids is 2. The zero-order valence-electron chi connectivity index (χ0n) is 12.4. The number of rotatable bonds is 2. The van der Waals surface area contributed by atoms with Crippen LogP contribution in [0.4, 0.5) is 5.82 Å². The smallest absolute Gasteiger partial charge is 0.266 e. The summed E-state index contributed by atoms with van der Waals surface area (Å²) in [4.78, 5) is 32.1. The fourth-order valence-electron chi connectivity index (χ4n) is 2.71. The van der Waals surface area contributed by atoms with Crippen LogP contribution >= 0.6 is 15.9 Å². The predicted octanol–water partition coefficient (Wildman–Crippen LogP) is 1.83. The summed E-state index contributed by atoms with van der Waals surface area (Å²) in [6.45, 7) is 3.69. The lowest BCUT2D eigenvalue weighted by Crippen LogP contribution is -2.48. The molecule has 0 saturated carbocycles. The van der Waals surface area contributed by atoms with Gasteiger partial charge < -0.3 is 9.64 Å². The van der Waals surface area contributed by atoms with Crippen LogP contribution in [0.15, 0.2) is 16.7 Å². The average Bonchev–Trinajstić information content (AvgIpc) is 2.51. The minimum Gasteiger partial charge on any atom is -0.480 e. The Morgan fingerprint density at radius 3 is 2.86 bits per heavy atom. The topological polar surface area (TPSA) is 62.7 Å². The number of pyridine rings is 1. The number of aromatic nitrogens is 1. The van der Waals surface area contributed by atoms with Gasteiger partial charge in [-0.25, -0.2) is 4.98 Å². The first-order valence-corrected chi connectivity index (χ1v) is 8.21. The van der Waals surface area contributed by atoms with Crippen molar-refractivity contribution in [3.05, 3.63) is 16.7 Å². The lowest BCUT2D eigenvalue weighted by molar-refractivity contribution is -0.133. The first-order valence-electron chi connectivity index (χ1n) is 7.42. The Hall–Kier alpha value is -1.63. The Kier molecular flexibility index (Phi) is 4.33. The molecule has 118 valence electrons. The van der Waals surface area contributed by atoms with E-state index in [4.69, 9.17) is 4.74 Å². The van der Waals surface area contributed by atoms with Crippen LogP contribution in [0.2, 0.25) is 0 Å². The number of halogens is 1. The summed E-state index contributed by atoms with van der Waals surface area (Å²) in [6, 6.07) is 3.50. The highest BCUT2D eigenvalue weighted by Gasteiger charge is 2.31. The average molecular weight is 368 g/mol. The van der Waals surface area contributed by atoms with Crippen molar-refractivity contribution >= 4 is 33.6 Å². The Morgan fingerprint density at radius 2 is 2.14 bits per heavy atom. The van der Waals surface area contributed by atoms with Gasteiger partial charge in [0.2, 0.25) is 5.91 Å². The molecule has 2 amide bonds. The summed E-state index contributed by atoms with van der Waals surface area (Å²) >= 11 is 3.29. The third-order valence-corrected chi connectivity index (χ3v) is 4.58. The van der Waals surface area contributed by atoms with Crippen LogP contribution in [0.5, 0.6) is 5.75 Å². The van der Waals surface area contributed by atoms with Crippen molar-refractivity contribution in [1.82, 2.24) is 9.88 Å². The summed E-state index contributed by atoms with van der Waals surface area (Å²) in [5.41, 5.74) is 0. The molecule has 22 heavy (non-hydrogen) atoms. The fourth-order valence-corrected chi connectivity index (χ4v) is 3.01. The first kappa shape index (κ1) is 15.3. The van der Waals surface area contributed by atoms with E-state index < -0.39 is 0 Å². The van der Waals surface area contributed by atoms with Crippen LogP contribution in [-0.4, -0.2) is 47.9 Å². The molecule has 1 fully saturated rings. The van der Waals surface area contributed by atoms with Gasteiger partial charge in [0.25, 0.3) is 5.91 Å². The molecule has 0 atom stereocenters. The zero-order chi connectivity index (χ0) is 15.7.